The molecule has 0 saturated carbocycles. The van der Waals surface area contributed by atoms with Crippen LogP contribution in [0.25, 0.3) is 11.3 Å². The van der Waals surface area contributed by atoms with E-state index in [9.17, 15) is 9.18 Å². The molecule has 1 amide bonds. The maximum absolute atomic E-state index is 14.9. The first-order chi connectivity index (χ1) is 21.5. The maximum atomic E-state index is 14.9. The van der Waals surface area contributed by atoms with Crippen molar-refractivity contribution in [2.45, 2.75) is 6.42 Å². The summed E-state index contributed by atoms with van der Waals surface area (Å²) in [6.45, 7) is 3.31. The number of para-hydroxylation sites is 1. The largest absolute Gasteiger partial charge is 0.353 e. The quantitative estimate of drug-likeness (QED) is 0.238. The van der Waals surface area contributed by atoms with Gasteiger partial charge in [-0.3, -0.25) is 4.79 Å². The van der Waals surface area contributed by atoms with Crippen LogP contribution in [0.5, 0.6) is 0 Å². The molecule has 220 valence electrons. The van der Waals surface area contributed by atoms with E-state index in [1.165, 1.54) is 6.07 Å². The Bertz CT molecular complexity index is 1810. The van der Waals surface area contributed by atoms with Crippen molar-refractivity contribution in [3.05, 3.63) is 119 Å². The lowest BCUT2D eigenvalue weighted by Gasteiger charge is -2.35. The van der Waals surface area contributed by atoms with Gasteiger partial charge < -0.3 is 20.0 Å². The maximum Gasteiger partial charge on any atom is 0.253 e. The van der Waals surface area contributed by atoms with Gasteiger partial charge in [-0.2, -0.15) is 0 Å². The Labute approximate surface area is 259 Å². The number of benzene rings is 3. The average molecular weight is 606 g/mol. The normalized spacial score (nSPS) is 14.5. The summed E-state index contributed by atoms with van der Waals surface area (Å²) in [5.74, 6) is 1.07. The standard InChI is InChI=1S/C34H29ClFN7O/c35-25-10-13-27-30(21-25)43(29-6-2-1-5-28(29)36)16-14-24-22-38-34(40-32(24)27)39-26-11-8-23(9-12-26)33(44)42-19-17-41(18-20-42)31-7-3-4-15-37-31/h1-13,15,21-22H,14,16-20H2,(H,38,39,40). The van der Waals surface area contributed by atoms with Gasteiger partial charge >= 0.3 is 0 Å². The lowest BCUT2D eigenvalue weighted by molar-refractivity contribution is 0.0746. The molecule has 7 rings (SSSR count). The molecule has 0 spiro atoms. The highest BCUT2D eigenvalue weighted by molar-refractivity contribution is 6.31. The first kappa shape index (κ1) is 27.8. The number of fused-ring (bicyclic) bond motifs is 3. The lowest BCUT2D eigenvalue weighted by Crippen LogP contribution is -2.49. The predicted molar refractivity (Wildman–Crippen MR) is 172 cm³/mol. The fourth-order valence-electron chi connectivity index (χ4n) is 5.77. The Morgan fingerprint density at radius 2 is 1.64 bits per heavy atom. The van der Waals surface area contributed by atoms with Crippen LogP contribution in [-0.2, 0) is 6.42 Å². The van der Waals surface area contributed by atoms with Crippen molar-refractivity contribution in [1.29, 1.82) is 0 Å². The Balaban J connectivity index is 1.08. The molecule has 1 N–H and O–H groups in total. The molecule has 1 fully saturated rings. The van der Waals surface area contributed by atoms with Crippen molar-refractivity contribution in [1.82, 2.24) is 19.9 Å². The van der Waals surface area contributed by atoms with Gasteiger partial charge in [-0.05, 0) is 78.7 Å². The zero-order valence-electron chi connectivity index (χ0n) is 23.8. The van der Waals surface area contributed by atoms with Crippen LogP contribution in [0.3, 0.4) is 0 Å². The summed E-state index contributed by atoms with van der Waals surface area (Å²) in [5.41, 5.74) is 5.24. The van der Waals surface area contributed by atoms with Crippen molar-refractivity contribution in [3.8, 4) is 11.3 Å². The number of pyridine rings is 1. The third-order valence-electron chi connectivity index (χ3n) is 8.05. The van der Waals surface area contributed by atoms with Crippen molar-refractivity contribution in [2.24, 2.45) is 0 Å². The molecule has 10 heteroatoms. The number of hydrogen-bond acceptors (Lipinski definition) is 7. The van der Waals surface area contributed by atoms with Gasteiger partial charge in [-0.25, -0.2) is 19.3 Å². The lowest BCUT2D eigenvalue weighted by atomic mass is 10.0. The van der Waals surface area contributed by atoms with E-state index in [0.29, 0.717) is 48.3 Å². The number of piperazine rings is 1. The molecule has 0 atom stereocenters. The molecular formula is C34H29ClFN7O. The third kappa shape index (κ3) is 5.54. The van der Waals surface area contributed by atoms with E-state index in [0.717, 1.165) is 47.1 Å². The van der Waals surface area contributed by atoms with E-state index >= 15 is 0 Å². The van der Waals surface area contributed by atoms with Crippen molar-refractivity contribution in [3.63, 3.8) is 0 Å². The van der Waals surface area contributed by atoms with E-state index < -0.39 is 0 Å². The second-order valence-corrected chi connectivity index (χ2v) is 11.2. The number of rotatable bonds is 5. The number of anilines is 5. The van der Waals surface area contributed by atoms with Crippen molar-refractivity contribution in [2.75, 3.05) is 47.8 Å². The molecule has 0 radical (unpaired) electrons. The Morgan fingerprint density at radius 1 is 0.841 bits per heavy atom. The van der Waals surface area contributed by atoms with Gasteiger partial charge in [-0.15, -0.1) is 0 Å². The Morgan fingerprint density at radius 3 is 2.41 bits per heavy atom. The molecule has 0 bridgehead atoms. The second-order valence-electron chi connectivity index (χ2n) is 10.8. The molecule has 8 nitrogen and oxygen atoms in total. The van der Waals surface area contributed by atoms with Crippen LogP contribution in [0, 0.1) is 5.82 Å². The number of halogens is 2. The number of nitrogens with one attached hydrogen (secondary N) is 1. The minimum absolute atomic E-state index is 0.00757. The smallest absolute Gasteiger partial charge is 0.253 e. The SMILES string of the molecule is O=C(c1ccc(Nc2ncc3c(n2)-c2ccc(Cl)cc2N(c2ccccc2F)CC3)cc1)N1CCN(c2ccccn2)CC1. The van der Waals surface area contributed by atoms with Gasteiger partial charge in [0.1, 0.15) is 11.6 Å². The zero-order chi connectivity index (χ0) is 30.0. The number of carbonyl (C=O) groups is 1. The van der Waals surface area contributed by atoms with Gasteiger partial charge in [0.05, 0.1) is 17.1 Å². The molecule has 2 aliphatic rings. The number of nitrogens with zero attached hydrogens (tertiary/aromatic N) is 6. The molecule has 2 aliphatic heterocycles. The van der Waals surface area contributed by atoms with Crippen molar-refractivity contribution < 1.29 is 9.18 Å². The molecule has 2 aromatic heterocycles. The van der Waals surface area contributed by atoms with Crippen LogP contribution >= 0.6 is 11.6 Å². The number of hydrogen-bond donors (Lipinski definition) is 1. The molecule has 0 aliphatic carbocycles. The fraction of sp³-hybridized carbons (Fsp3) is 0.176. The van der Waals surface area contributed by atoms with Gasteiger partial charge in [0.25, 0.3) is 5.91 Å². The molecule has 3 aromatic carbocycles. The molecule has 5 aromatic rings. The highest BCUT2D eigenvalue weighted by Gasteiger charge is 2.25. The van der Waals surface area contributed by atoms with E-state index in [2.05, 4.69) is 20.2 Å². The summed E-state index contributed by atoms with van der Waals surface area (Å²) in [4.78, 5) is 33.1. The van der Waals surface area contributed by atoms with E-state index in [4.69, 9.17) is 16.6 Å². The van der Waals surface area contributed by atoms with Crippen LogP contribution in [-0.4, -0.2) is 58.5 Å². The third-order valence-corrected chi connectivity index (χ3v) is 8.28. The number of amides is 1. The summed E-state index contributed by atoms with van der Waals surface area (Å²) < 4.78 is 14.9. The van der Waals surface area contributed by atoms with Crippen LogP contribution in [0.2, 0.25) is 5.02 Å². The zero-order valence-corrected chi connectivity index (χ0v) is 24.6. The second kappa shape index (κ2) is 11.9. The number of aromatic nitrogens is 3. The fourth-order valence-corrected chi connectivity index (χ4v) is 5.94. The summed E-state index contributed by atoms with van der Waals surface area (Å²) in [6.07, 6.45) is 4.23. The first-order valence-corrected chi connectivity index (χ1v) is 14.9. The topological polar surface area (TPSA) is 77.5 Å². The minimum atomic E-state index is -0.300. The van der Waals surface area contributed by atoms with Gasteiger partial charge in [-0.1, -0.05) is 29.8 Å². The summed E-state index contributed by atoms with van der Waals surface area (Å²) in [7, 11) is 0. The van der Waals surface area contributed by atoms with Gasteiger partial charge in [0.2, 0.25) is 5.95 Å². The van der Waals surface area contributed by atoms with Crippen LogP contribution < -0.4 is 15.1 Å². The number of carbonyl (C=O) groups excluding carboxylic acids is 1. The predicted octanol–water partition coefficient (Wildman–Crippen LogP) is 6.73. The van der Waals surface area contributed by atoms with Gasteiger partial charge in [0.15, 0.2) is 0 Å². The summed E-state index contributed by atoms with van der Waals surface area (Å²) in [5, 5.41) is 3.84. The minimum Gasteiger partial charge on any atom is -0.353 e. The monoisotopic (exact) mass is 605 g/mol. The van der Waals surface area contributed by atoms with E-state index in [1.54, 1.807) is 18.3 Å². The van der Waals surface area contributed by atoms with Crippen LogP contribution in [0.4, 0.5) is 33.2 Å². The van der Waals surface area contributed by atoms with Crippen LogP contribution in [0.15, 0.2) is 97.3 Å². The Hall–Kier alpha value is -5.02. The molecule has 0 unspecified atom stereocenters. The highest BCUT2D eigenvalue weighted by Crippen LogP contribution is 2.41. The Kier molecular flexibility index (Phi) is 7.54. The van der Waals surface area contributed by atoms with Gasteiger partial charge in [0, 0.05) is 67.0 Å². The first-order valence-electron chi connectivity index (χ1n) is 14.5. The molecule has 44 heavy (non-hydrogen) atoms. The van der Waals surface area contributed by atoms with E-state index in [1.807, 2.05) is 82.7 Å². The summed E-state index contributed by atoms with van der Waals surface area (Å²) in [6, 6.07) is 25.6. The highest BCUT2D eigenvalue weighted by atomic mass is 35.5. The van der Waals surface area contributed by atoms with E-state index in [-0.39, 0.29) is 11.7 Å². The molecule has 4 heterocycles. The summed E-state index contributed by atoms with van der Waals surface area (Å²) >= 11 is 6.41. The molecule has 1 saturated heterocycles. The van der Waals surface area contributed by atoms with Crippen molar-refractivity contribution >= 4 is 46.3 Å². The average Bonchev–Trinajstić information content (AvgIpc) is 3.22. The molecular weight excluding hydrogens is 577 g/mol. The van der Waals surface area contributed by atoms with Crippen LogP contribution in [0.1, 0.15) is 15.9 Å².